The van der Waals surface area contributed by atoms with Crippen molar-refractivity contribution in [2.24, 2.45) is 11.8 Å². The largest absolute Gasteiger partial charge is 0.462 e. The molecule has 0 bridgehead atoms. The maximum Gasteiger partial charge on any atom is 0.339 e. The van der Waals surface area contributed by atoms with Crippen LogP contribution in [0.25, 0.3) is 0 Å². The molecule has 2 aliphatic carbocycles. The molecule has 0 aromatic carbocycles. The van der Waals surface area contributed by atoms with E-state index in [-0.39, 0.29) is 23.5 Å². The van der Waals surface area contributed by atoms with Crippen LogP contribution in [0.1, 0.15) is 23.2 Å². The quantitative estimate of drug-likeness (QED) is 0.609. The fourth-order valence-electron chi connectivity index (χ4n) is 6.10. The van der Waals surface area contributed by atoms with Gasteiger partial charge in [-0.05, 0) is 59.2 Å². The summed E-state index contributed by atoms with van der Waals surface area (Å²) in [5.74, 6) is 0.241. The van der Waals surface area contributed by atoms with E-state index in [0.717, 1.165) is 23.9 Å². The number of methoxy groups -OCH3 is 1. The fraction of sp³-hybridized carbons (Fsp3) is 0.500. The summed E-state index contributed by atoms with van der Waals surface area (Å²) in [5.41, 5.74) is 2.97. The number of allylic oxidation sites excluding steroid dienone is 2. The van der Waals surface area contributed by atoms with Gasteiger partial charge in [-0.15, -0.1) is 0 Å². The number of likely N-dealkylation sites (tertiary alicyclic amines) is 1. The molecule has 164 valence electrons. The van der Waals surface area contributed by atoms with Crippen molar-refractivity contribution in [3.63, 3.8) is 0 Å². The van der Waals surface area contributed by atoms with Gasteiger partial charge < -0.3 is 14.4 Å². The number of ether oxygens (including phenoxy) is 2. The van der Waals surface area contributed by atoms with E-state index >= 15 is 0 Å². The lowest BCUT2D eigenvalue weighted by Gasteiger charge is -2.57. The van der Waals surface area contributed by atoms with Crippen molar-refractivity contribution in [1.29, 1.82) is 0 Å². The average molecular weight is 486 g/mol. The molecule has 1 saturated carbocycles. The molecule has 0 radical (unpaired) electrons. The number of fused-ring (bicyclic) bond motifs is 2. The van der Waals surface area contributed by atoms with E-state index in [0.29, 0.717) is 24.1 Å². The number of likely N-dealkylation sites (N-methyl/N-ethyl adjacent to an activating group) is 2. The summed E-state index contributed by atoms with van der Waals surface area (Å²) in [5, 5.41) is 0. The van der Waals surface area contributed by atoms with Crippen LogP contribution >= 0.6 is 15.9 Å². The first-order valence-corrected chi connectivity index (χ1v) is 11.6. The monoisotopic (exact) mass is 485 g/mol. The van der Waals surface area contributed by atoms with Crippen LogP contribution in [0, 0.1) is 11.8 Å². The van der Waals surface area contributed by atoms with E-state index in [2.05, 4.69) is 69.2 Å². The van der Waals surface area contributed by atoms with Gasteiger partial charge in [0, 0.05) is 55.4 Å². The number of pyridine rings is 1. The summed E-state index contributed by atoms with van der Waals surface area (Å²) < 4.78 is 12.9. The van der Waals surface area contributed by atoms with Gasteiger partial charge in [-0.3, -0.25) is 9.88 Å². The predicted molar refractivity (Wildman–Crippen MR) is 121 cm³/mol. The highest BCUT2D eigenvalue weighted by Crippen LogP contribution is 2.54. The van der Waals surface area contributed by atoms with Crippen molar-refractivity contribution in [3.8, 4) is 0 Å². The molecule has 6 nitrogen and oxygen atoms in total. The highest BCUT2D eigenvalue weighted by molar-refractivity contribution is 9.10. The number of hydrogen-bond donors (Lipinski definition) is 0. The van der Waals surface area contributed by atoms with Crippen molar-refractivity contribution in [2.75, 3.05) is 34.4 Å². The number of piperidine rings is 1. The zero-order valence-corrected chi connectivity index (χ0v) is 19.7. The Morgan fingerprint density at radius 3 is 2.97 bits per heavy atom. The number of halogens is 1. The summed E-state index contributed by atoms with van der Waals surface area (Å²) in [6.07, 6.45) is 14.1. The van der Waals surface area contributed by atoms with Gasteiger partial charge >= 0.3 is 5.97 Å². The molecule has 0 amide bonds. The maximum atomic E-state index is 12.6. The summed E-state index contributed by atoms with van der Waals surface area (Å²) >= 11 is 3.36. The summed E-state index contributed by atoms with van der Waals surface area (Å²) in [6, 6.07) is 2.39. The van der Waals surface area contributed by atoms with Gasteiger partial charge in [0.05, 0.1) is 18.2 Å². The van der Waals surface area contributed by atoms with Gasteiger partial charge in [-0.1, -0.05) is 18.2 Å². The van der Waals surface area contributed by atoms with Gasteiger partial charge in [0.15, 0.2) is 0 Å². The minimum Gasteiger partial charge on any atom is -0.462 e. The van der Waals surface area contributed by atoms with E-state index in [1.807, 2.05) is 7.11 Å². The third-order valence-corrected chi connectivity index (χ3v) is 7.81. The summed E-state index contributed by atoms with van der Waals surface area (Å²) in [4.78, 5) is 21.3. The van der Waals surface area contributed by atoms with Crippen LogP contribution in [0.5, 0.6) is 0 Å². The molecule has 2 aliphatic heterocycles. The van der Waals surface area contributed by atoms with Crippen LogP contribution in [0.3, 0.4) is 0 Å². The third-order valence-electron chi connectivity index (χ3n) is 7.38. The number of hydrogen-bond acceptors (Lipinski definition) is 6. The van der Waals surface area contributed by atoms with Crippen LogP contribution in [-0.4, -0.2) is 72.8 Å². The first kappa shape index (κ1) is 20.9. The lowest BCUT2D eigenvalue weighted by molar-refractivity contribution is -0.111. The van der Waals surface area contributed by atoms with Crippen molar-refractivity contribution in [1.82, 2.24) is 14.8 Å². The van der Waals surface area contributed by atoms with Crippen LogP contribution in [0.15, 0.2) is 58.5 Å². The molecule has 4 aliphatic rings. The normalized spacial score (nSPS) is 34.0. The Balaban J connectivity index is 1.38. The minimum absolute atomic E-state index is 0.195. The lowest BCUT2D eigenvalue weighted by Crippen LogP contribution is -2.64. The molecule has 0 N–H and O–H groups in total. The first-order chi connectivity index (χ1) is 14.9. The van der Waals surface area contributed by atoms with Crippen LogP contribution in [-0.2, 0) is 9.47 Å². The number of esters is 1. The second kappa shape index (κ2) is 7.87. The van der Waals surface area contributed by atoms with E-state index in [1.165, 1.54) is 17.3 Å². The summed E-state index contributed by atoms with van der Waals surface area (Å²) in [7, 11) is 6.17. The van der Waals surface area contributed by atoms with Gasteiger partial charge in [-0.25, -0.2) is 4.79 Å². The highest BCUT2D eigenvalue weighted by atomic mass is 79.9. The molecule has 1 saturated heterocycles. The second-order valence-electron chi connectivity index (χ2n) is 9.16. The third kappa shape index (κ3) is 3.38. The number of aromatic nitrogens is 1. The van der Waals surface area contributed by atoms with Crippen LogP contribution in [0.2, 0.25) is 0 Å². The molecule has 7 heteroatoms. The zero-order chi connectivity index (χ0) is 21.8. The Hall–Kier alpha value is -1.96. The standard InChI is InChI=1S/C24H28BrN3O3/c1-27-13-17-8-21-24(30-3,19-5-4-6-20(27)22(17)19)9-15(12-28(21)2)14-31-23(29)16-7-18(25)11-26-10-16/h4-7,10-11,13,15,20-22H,8-9,12,14H2,1-3H3/t15-,20?,21-,22?,24+/m1/s1. The number of carbonyl (C=O) groups is 1. The molecule has 2 fully saturated rings. The van der Waals surface area contributed by atoms with Crippen molar-refractivity contribution in [2.45, 2.75) is 30.5 Å². The Bertz CT molecular complexity index is 990. The molecular weight excluding hydrogens is 458 g/mol. The number of nitrogens with zero attached hydrogens (tertiary/aromatic N) is 3. The van der Waals surface area contributed by atoms with E-state index in [4.69, 9.17) is 9.47 Å². The molecule has 1 aromatic heterocycles. The zero-order valence-electron chi connectivity index (χ0n) is 18.1. The Morgan fingerprint density at radius 1 is 1.35 bits per heavy atom. The molecular formula is C24H28BrN3O3. The average Bonchev–Trinajstić information content (AvgIpc) is 3.09. The minimum atomic E-state index is -0.363. The van der Waals surface area contributed by atoms with Gasteiger partial charge in [0.1, 0.15) is 5.60 Å². The number of rotatable bonds is 4. The molecule has 5 rings (SSSR count). The Kier molecular flexibility index (Phi) is 5.31. The highest BCUT2D eigenvalue weighted by Gasteiger charge is 2.57. The Labute approximate surface area is 191 Å². The van der Waals surface area contributed by atoms with Crippen LogP contribution < -0.4 is 0 Å². The van der Waals surface area contributed by atoms with E-state index in [1.54, 1.807) is 12.3 Å². The molecule has 0 spiro atoms. The molecule has 5 atom stereocenters. The predicted octanol–water partition coefficient (Wildman–Crippen LogP) is 3.42. The molecule has 3 heterocycles. The van der Waals surface area contributed by atoms with E-state index in [9.17, 15) is 4.79 Å². The van der Waals surface area contributed by atoms with Gasteiger partial charge in [0.25, 0.3) is 0 Å². The second-order valence-corrected chi connectivity index (χ2v) is 10.1. The molecule has 2 unspecified atom stereocenters. The van der Waals surface area contributed by atoms with Gasteiger partial charge in [-0.2, -0.15) is 0 Å². The topological polar surface area (TPSA) is 54.9 Å². The lowest BCUT2D eigenvalue weighted by atomic mass is 9.61. The van der Waals surface area contributed by atoms with Crippen molar-refractivity contribution in [3.05, 3.63) is 64.1 Å². The smallest absolute Gasteiger partial charge is 0.339 e. The molecule has 31 heavy (non-hydrogen) atoms. The number of carbonyl (C=O) groups excluding carboxylic acids is 1. The van der Waals surface area contributed by atoms with E-state index < -0.39 is 0 Å². The maximum absolute atomic E-state index is 12.6. The molecule has 1 aromatic rings. The Morgan fingerprint density at radius 2 is 2.19 bits per heavy atom. The SMILES string of the molecule is CO[C@]12C[C@@H](COC(=O)c3cncc(Br)c3)CN(C)[C@@H]1CC1=CN(C)C3C=CC=C2C13. The van der Waals surface area contributed by atoms with Gasteiger partial charge in [0.2, 0.25) is 0 Å². The van der Waals surface area contributed by atoms with Crippen molar-refractivity contribution < 1.29 is 14.3 Å². The fourth-order valence-corrected chi connectivity index (χ4v) is 6.46. The van der Waals surface area contributed by atoms with Crippen LogP contribution in [0.4, 0.5) is 0 Å². The van der Waals surface area contributed by atoms with Crippen molar-refractivity contribution >= 4 is 21.9 Å². The first-order valence-electron chi connectivity index (χ1n) is 10.8. The summed E-state index contributed by atoms with van der Waals surface area (Å²) in [6.45, 7) is 1.24.